The molecule has 0 radical (unpaired) electrons. The van der Waals surface area contributed by atoms with Crippen molar-refractivity contribution in [2.24, 2.45) is 5.92 Å². The number of hydrogen-bond acceptors (Lipinski definition) is 14. The van der Waals surface area contributed by atoms with Gasteiger partial charge in [-0.25, -0.2) is 0 Å². The van der Waals surface area contributed by atoms with Crippen LogP contribution in [0.15, 0.2) is 0 Å². The number of carbonyl (C=O) groups is 2. The number of hydrogen-bond donors (Lipinski definition) is 2. The van der Waals surface area contributed by atoms with Crippen molar-refractivity contribution in [3.8, 4) is 0 Å². The van der Waals surface area contributed by atoms with Crippen LogP contribution in [-0.4, -0.2) is 184 Å². The van der Waals surface area contributed by atoms with Gasteiger partial charge in [0.25, 0.3) is 0 Å². The van der Waals surface area contributed by atoms with Crippen molar-refractivity contribution in [3.63, 3.8) is 0 Å². The smallest absolute Gasteiger partial charge is 0.242 e. The van der Waals surface area contributed by atoms with Gasteiger partial charge in [0.05, 0.1) is 152 Å². The maximum absolute atomic E-state index is 12.1. The van der Waals surface area contributed by atoms with Gasteiger partial charge in [0.15, 0.2) is 0 Å². The molecule has 292 valence electrons. The molecule has 0 spiro atoms. The molecule has 16 nitrogen and oxygen atoms in total. The third-order valence-corrected chi connectivity index (χ3v) is 6.68. The lowest BCUT2D eigenvalue weighted by Crippen LogP contribution is -2.49. The van der Waals surface area contributed by atoms with E-state index in [1.807, 2.05) is 13.8 Å². The van der Waals surface area contributed by atoms with Crippen LogP contribution < -0.4 is 10.6 Å². The van der Waals surface area contributed by atoms with E-state index < -0.39 is 6.04 Å². The number of amides is 2. The highest BCUT2D eigenvalue weighted by molar-refractivity contribution is 5.87. The molecule has 0 aromatic heterocycles. The first-order valence-electron chi connectivity index (χ1n) is 17.4. The van der Waals surface area contributed by atoms with Gasteiger partial charge >= 0.3 is 0 Å². The molecule has 0 aromatic carbocycles. The Morgan fingerprint density at radius 3 is 0.980 bits per heavy atom. The summed E-state index contributed by atoms with van der Waals surface area (Å²) in [5, 5.41) is 5.37. The lowest BCUT2D eigenvalue weighted by Gasteiger charge is -2.22. The Balaban J connectivity index is 3.23. The minimum absolute atomic E-state index is 0.0474. The third-order valence-electron chi connectivity index (χ3n) is 6.68. The van der Waals surface area contributed by atoms with Gasteiger partial charge in [-0.2, -0.15) is 0 Å². The van der Waals surface area contributed by atoms with Gasteiger partial charge in [-0.3, -0.25) is 9.59 Å². The fraction of sp³-hybridized carbons (Fsp3) is 0.939. The lowest BCUT2D eigenvalue weighted by molar-refractivity contribution is -0.130. The molecule has 0 unspecified atom stereocenters. The summed E-state index contributed by atoms with van der Waals surface area (Å²) in [6.45, 7) is 15.0. The van der Waals surface area contributed by atoms with E-state index in [9.17, 15) is 9.59 Å². The zero-order valence-corrected chi connectivity index (χ0v) is 30.5. The van der Waals surface area contributed by atoms with Crippen LogP contribution in [0.5, 0.6) is 0 Å². The van der Waals surface area contributed by atoms with E-state index in [0.29, 0.717) is 145 Å². The molecule has 2 atom stereocenters. The van der Waals surface area contributed by atoms with E-state index in [1.54, 1.807) is 14.2 Å². The Morgan fingerprint density at radius 1 is 0.469 bits per heavy atom. The van der Waals surface area contributed by atoms with E-state index >= 15 is 0 Å². The molecule has 0 saturated heterocycles. The molecule has 0 fully saturated rings. The summed E-state index contributed by atoms with van der Waals surface area (Å²) in [4.78, 5) is 24.1. The van der Waals surface area contributed by atoms with Crippen molar-refractivity contribution in [1.29, 1.82) is 0 Å². The first-order valence-corrected chi connectivity index (χ1v) is 17.4. The monoisotopic (exact) mass is 714 g/mol. The summed E-state index contributed by atoms with van der Waals surface area (Å²) in [5.74, 6) is -0.356. The van der Waals surface area contributed by atoms with Crippen LogP contribution in [0.25, 0.3) is 0 Å². The average Bonchev–Trinajstić information content (AvgIpc) is 3.11. The molecule has 0 aromatic rings. The summed E-state index contributed by atoms with van der Waals surface area (Å²) >= 11 is 0. The maximum Gasteiger partial charge on any atom is 0.242 e. The van der Waals surface area contributed by atoms with E-state index in [1.165, 1.54) is 0 Å². The van der Waals surface area contributed by atoms with Crippen LogP contribution >= 0.6 is 0 Å². The quantitative estimate of drug-likeness (QED) is 0.0841. The topological polar surface area (TPSA) is 169 Å². The number of likely N-dealkylation sites (N-methyl/N-ethyl adjacent to an activating group) is 1. The Bertz CT molecular complexity index is 710. The summed E-state index contributed by atoms with van der Waals surface area (Å²) in [6, 6.07) is -0.538. The van der Waals surface area contributed by atoms with Crippen molar-refractivity contribution < 1.29 is 66.4 Å². The van der Waals surface area contributed by atoms with E-state index in [-0.39, 0.29) is 30.8 Å². The molecular formula is C33H66N2O14. The molecule has 49 heavy (non-hydrogen) atoms. The molecule has 2 amide bonds. The van der Waals surface area contributed by atoms with Crippen LogP contribution in [-0.2, 0) is 66.4 Å². The van der Waals surface area contributed by atoms with Crippen molar-refractivity contribution in [3.05, 3.63) is 0 Å². The van der Waals surface area contributed by atoms with Gasteiger partial charge < -0.3 is 67.5 Å². The average molecular weight is 715 g/mol. The van der Waals surface area contributed by atoms with Crippen molar-refractivity contribution >= 4 is 11.8 Å². The highest BCUT2D eigenvalue weighted by atomic mass is 16.6. The van der Waals surface area contributed by atoms with Crippen LogP contribution in [0.4, 0.5) is 0 Å². The predicted molar refractivity (Wildman–Crippen MR) is 181 cm³/mol. The van der Waals surface area contributed by atoms with Crippen molar-refractivity contribution in [2.75, 3.05) is 166 Å². The number of ether oxygens (including phenoxy) is 12. The molecule has 0 rings (SSSR count). The van der Waals surface area contributed by atoms with Gasteiger partial charge in [-0.15, -0.1) is 0 Å². The third kappa shape index (κ3) is 34.7. The number of methoxy groups -OCH3 is 1. The first-order chi connectivity index (χ1) is 24.1. The van der Waals surface area contributed by atoms with Crippen LogP contribution in [0.2, 0.25) is 0 Å². The van der Waals surface area contributed by atoms with E-state index in [0.717, 1.165) is 6.42 Å². The second-order valence-electron chi connectivity index (χ2n) is 10.5. The van der Waals surface area contributed by atoms with Gasteiger partial charge in [-0.1, -0.05) is 20.3 Å². The molecule has 0 saturated carbocycles. The summed E-state index contributed by atoms with van der Waals surface area (Å²) < 4.78 is 64.7. The standard InChI is InChI=1S/C33H66N2O14/c1-5-30(2)32(33(37)34-3)35-31(36)6-7-39-10-11-41-14-15-43-18-19-45-22-23-47-26-27-49-29-28-48-25-24-46-21-20-44-17-16-42-13-12-40-9-8-38-4/h30,32H,5-29H2,1-4H3,(H,34,37)(H,35,36)/t30-,32-/m0/s1. The first kappa shape index (κ1) is 47.5. The maximum atomic E-state index is 12.1. The Kier molecular flexibility index (Phi) is 38.0. The summed E-state index contributed by atoms with van der Waals surface area (Å²) in [6.07, 6.45) is 0.971. The molecule has 0 aliphatic carbocycles. The fourth-order valence-corrected chi connectivity index (χ4v) is 3.71. The van der Waals surface area contributed by atoms with Crippen LogP contribution in [0.3, 0.4) is 0 Å². The second-order valence-corrected chi connectivity index (χ2v) is 10.5. The fourth-order valence-electron chi connectivity index (χ4n) is 3.71. The van der Waals surface area contributed by atoms with Crippen molar-refractivity contribution in [2.45, 2.75) is 32.7 Å². The highest BCUT2D eigenvalue weighted by Crippen LogP contribution is 2.08. The molecule has 0 heterocycles. The van der Waals surface area contributed by atoms with Crippen LogP contribution in [0, 0.1) is 5.92 Å². The molecular weight excluding hydrogens is 648 g/mol. The number of rotatable bonds is 40. The molecule has 0 bridgehead atoms. The molecule has 16 heteroatoms. The normalized spacial score (nSPS) is 12.7. The summed E-state index contributed by atoms with van der Waals surface area (Å²) in [5.41, 5.74) is 0. The molecule has 2 N–H and O–H groups in total. The van der Waals surface area contributed by atoms with E-state index in [2.05, 4.69) is 10.6 Å². The number of nitrogens with one attached hydrogen (secondary N) is 2. The Morgan fingerprint density at radius 2 is 0.735 bits per heavy atom. The zero-order chi connectivity index (χ0) is 35.9. The zero-order valence-electron chi connectivity index (χ0n) is 30.5. The summed E-state index contributed by atoms with van der Waals surface area (Å²) in [7, 11) is 3.20. The minimum atomic E-state index is -0.538. The number of carbonyl (C=O) groups excluding carboxylic acids is 2. The SMILES string of the molecule is CC[C@H](C)[C@H](NC(=O)CCOCCOCCOCCOCCOCCOCCOCCOCCOCCOCCOCCOC)C(=O)NC. The van der Waals surface area contributed by atoms with Gasteiger partial charge in [-0.05, 0) is 5.92 Å². The van der Waals surface area contributed by atoms with E-state index in [4.69, 9.17) is 56.8 Å². The van der Waals surface area contributed by atoms with Crippen molar-refractivity contribution in [1.82, 2.24) is 10.6 Å². The lowest BCUT2D eigenvalue weighted by atomic mass is 9.98. The van der Waals surface area contributed by atoms with Crippen LogP contribution in [0.1, 0.15) is 26.7 Å². The Labute approximate surface area is 293 Å². The Hall–Kier alpha value is -1.54. The molecule has 0 aliphatic rings. The second kappa shape index (κ2) is 39.2. The highest BCUT2D eigenvalue weighted by Gasteiger charge is 2.24. The van der Waals surface area contributed by atoms with Gasteiger partial charge in [0.1, 0.15) is 6.04 Å². The molecule has 0 aliphatic heterocycles. The largest absolute Gasteiger partial charge is 0.382 e. The predicted octanol–water partition coefficient (Wildman–Crippen LogP) is 0.482. The van der Waals surface area contributed by atoms with Gasteiger partial charge in [0.2, 0.25) is 11.8 Å². The van der Waals surface area contributed by atoms with Gasteiger partial charge in [0, 0.05) is 20.6 Å². The minimum Gasteiger partial charge on any atom is -0.382 e.